The smallest absolute Gasteiger partial charge is 0.344 e. The van der Waals surface area contributed by atoms with Crippen molar-refractivity contribution in [3.8, 4) is 23.0 Å². The van der Waals surface area contributed by atoms with Crippen LogP contribution in [0.3, 0.4) is 0 Å². The van der Waals surface area contributed by atoms with Gasteiger partial charge < -0.3 is 18.6 Å². The maximum Gasteiger partial charge on any atom is 0.344 e. The van der Waals surface area contributed by atoms with E-state index in [0.29, 0.717) is 17.4 Å². The number of benzene rings is 2. The van der Waals surface area contributed by atoms with Crippen molar-refractivity contribution in [3.05, 3.63) is 66.1 Å². The number of rotatable bonds is 8. The number of carbonyl (C=O) groups excluding carboxylic acids is 1. The summed E-state index contributed by atoms with van der Waals surface area (Å²) >= 11 is 0. The Morgan fingerprint density at radius 1 is 1.14 bits per heavy atom. The number of methoxy groups -OCH3 is 1. The Morgan fingerprint density at radius 2 is 1.93 bits per heavy atom. The van der Waals surface area contributed by atoms with Crippen molar-refractivity contribution in [2.45, 2.75) is 20.0 Å². The van der Waals surface area contributed by atoms with E-state index in [2.05, 4.69) is 10.2 Å². The van der Waals surface area contributed by atoms with Gasteiger partial charge in [-0.1, -0.05) is 36.4 Å². The second kappa shape index (κ2) is 9.54. The largest absolute Gasteiger partial charge is 0.493 e. The summed E-state index contributed by atoms with van der Waals surface area (Å²) in [6, 6.07) is 14.8. The average Bonchev–Trinajstić information content (AvgIpc) is 3.24. The standard InChI is InChI=1S/C22H22N2O5/c1-4-8-16-11-12-18(19(13-16)26-3)27-14-20(25)28-15(2)21-23-24-22(29-21)17-9-6-5-7-10-17/h4-13,15H,14H2,1-3H3/b8-4+/t15-/m0/s1. The highest BCUT2D eigenvalue weighted by molar-refractivity contribution is 5.71. The fourth-order valence-corrected chi connectivity index (χ4v) is 2.61. The lowest BCUT2D eigenvalue weighted by Crippen LogP contribution is -2.17. The highest BCUT2D eigenvalue weighted by atomic mass is 16.6. The van der Waals surface area contributed by atoms with Crippen molar-refractivity contribution in [2.75, 3.05) is 13.7 Å². The summed E-state index contributed by atoms with van der Waals surface area (Å²) in [5.74, 6) is 1.01. The van der Waals surface area contributed by atoms with Crippen LogP contribution in [0.1, 0.15) is 31.4 Å². The van der Waals surface area contributed by atoms with E-state index in [1.165, 1.54) is 0 Å². The number of carbonyl (C=O) groups is 1. The third-order valence-electron chi connectivity index (χ3n) is 4.01. The molecule has 7 heteroatoms. The first-order valence-electron chi connectivity index (χ1n) is 9.12. The zero-order chi connectivity index (χ0) is 20.6. The van der Waals surface area contributed by atoms with Gasteiger partial charge in [-0.05, 0) is 43.7 Å². The van der Waals surface area contributed by atoms with Gasteiger partial charge >= 0.3 is 5.97 Å². The lowest BCUT2D eigenvalue weighted by molar-refractivity contribution is -0.152. The lowest BCUT2D eigenvalue weighted by Gasteiger charge is -2.12. The van der Waals surface area contributed by atoms with E-state index >= 15 is 0 Å². The van der Waals surface area contributed by atoms with Crippen LogP contribution in [0.15, 0.2) is 59.0 Å². The summed E-state index contributed by atoms with van der Waals surface area (Å²) in [4.78, 5) is 12.2. The molecule has 0 aliphatic carbocycles. The van der Waals surface area contributed by atoms with Gasteiger partial charge in [-0.3, -0.25) is 0 Å². The first-order chi connectivity index (χ1) is 14.1. The van der Waals surface area contributed by atoms with Gasteiger partial charge in [0.15, 0.2) is 24.2 Å². The van der Waals surface area contributed by atoms with Gasteiger partial charge in [0.1, 0.15) is 0 Å². The Hall–Kier alpha value is -3.61. The predicted octanol–water partition coefficient (Wildman–Crippen LogP) is 4.46. The van der Waals surface area contributed by atoms with E-state index in [0.717, 1.165) is 11.1 Å². The van der Waals surface area contributed by atoms with Crippen LogP contribution in [0, 0.1) is 0 Å². The highest BCUT2D eigenvalue weighted by Crippen LogP contribution is 2.29. The Kier molecular flexibility index (Phi) is 6.63. The van der Waals surface area contributed by atoms with Gasteiger partial charge in [0, 0.05) is 5.56 Å². The van der Waals surface area contributed by atoms with Gasteiger partial charge in [-0.25, -0.2) is 4.79 Å². The zero-order valence-corrected chi connectivity index (χ0v) is 16.5. The number of aromatic nitrogens is 2. The van der Waals surface area contributed by atoms with Crippen molar-refractivity contribution in [2.24, 2.45) is 0 Å². The van der Waals surface area contributed by atoms with E-state index in [1.807, 2.05) is 61.5 Å². The van der Waals surface area contributed by atoms with Crippen molar-refractivity contribution in [3.63, 3.8) is 0 Å². The van der Waals surface area contributed by atoms with Crippen LogP contribution in [0.2, 0.25) is 0 Å². The summed E-state index contributed by atoms with van der Waals surface area (Å²) in [6.07, 6.45) is 3.17. The quantitative estimate of drug-likeness (QED) is 0.522. The van der Waals surface area contributed by atoms with Gasteiger partial charge in [0.2, 0.25) is 5.89 Å². The van der Waals surface area contributed by atoms with Crippen LogP contribution in [-0.4, -0.2) is 29.9 Å². The molecule has 1 heterocycles. The topological polar surface area (TPSA) is 83.7 Å². The van der Waals surface area contributed by atoms with E-state index in [1.54, 1.807) is 20.1 Å². The maximum atomic E-state index is 12.2. The Bertz CT molecular complexity index is 982. The molecule has 0 spiro atoms. The molecule has 29 heavy (non-hydrogen) atoms. The molecule has 0 aliphatic rings. The molecule has 0 saturated carbocycles. The number of esters is 1. The van der Waals surface area contributed by atoms with Crippen molar-refractivity contribution in [1.82, 2.24) is 10.2 Å². The van der Waals surface area contributed by atoms with Gasteiger partial charge in [0.25, 0.3) is 5.89 Å². The van der Waals surface area contributed by atoms with Crippen LogP contribution >= 0.6 is 0 Å². The Morgan fingerprint density at radius 3 is 2.66 bits per heavy atom. The van der Waals surface area contributed by atoms with E-state index in [-0.39, 0.29) is 12.5 Å². The van der Waals surface area contributed by atoms with Crippen LogP contribution in [0.25, 0.3) is 17.5 Å². The first kappa shape index (κ1) is 20.1. The number of hydrogen-bond acceptors (Lipinski definition) is 7. The van der Waals surface area contributed by atoms with Crippen molar-refractivity contribution in [1.29, 1.82) is 0 Å². The molecule has 0 N–H and O–H groups in total. The van der Waals surface area contributed by atoms with Crippen LogP contribution in [0.5, 0.6) is 11.5 Å². The molecule has 0 saturated heterocycles. The van der Waals surface area contributed by atoms with Gasteiger partial charge in [-0.2, -0.15) is 0 Å². The number of ether oxygens (including phenoxy) is 3. The average molecular weight is 394 g/mol. The van der Waals surface area contributed by atoms with Crippen molar-refractivity contribution >= 4 is 12.0 Å². The summed E-state index contributed by atoms with van der Waals surface area (Å²) in [7, 11) is 1.54. The highest BCUT2D eigenvalue weighted by Gasteiger charge is 2.19. The fraction of sp³-hybridized carbons (Fsp3) is 0.227. The molecule has 150 valence electrons. The monoisotopic (exact) mass is 394 g/mol. The minimum absolute atomic E-state index is 0.213. The third-order valence-corrected chi connectivity index (χ3v) is 4.01. The van der Waals surface area contributed by atoms with E-state index in [9.17, 15) is 4.79 Å². The normalized spacial score (nSPS) is 12.0. The van der Waals surface area contributed by atoms with Crippen LogP contribution in [-0.2, 0) is 9.53 Å². The molecule has 0 unspecified atom stereocenters. The molecule has 0 fully saturated rings. The molecular weight excluding hydrogens is 372 g/mol. The lowest BCUT2D eigenvalue weighted by atomic mass is 10.2. The summed E-state index contributed by atoms with van der Waals surface area (Å²) in [5, 5.41) is 7.95. The SMILES string of the molecule is C/C=C/c1ccc(OCC(=O)O[C@@H](C)c2nnc(-c3ccccc3)o2)c(OC)c1. The second-order valence-corrected chi connectivity index (χ2v) is 6.14. The summed E-state index contributed by atoms with van der Waals surface area (Å²) in [6.45, 7) is 3.32. The van der Waals surface area contributed by atoms with Crippen LogP contribution in [0.4, 0.5) is 0 Å². The number of allylic oxidation sites excluding steroid dienone is 1. The maximum absolute atomic E-state index is 12.2. The minimum atomic E-state index is -0.699. The first-order valence-corrected chi connectivity index (χ1v) is 9.12. The fourth-order valence-electron chi connectivity index (χ4n) is 2.61. The second-order valence-electron chi connectivity index (χ2n) is 6.14. The molecule has 1 atom stereocenters. The molecular formula is C22H22N2O5. The molecule has 0 radical (unpaired) electrons. The van der Waals surface area contributed by atoms with Crippen molar-refractivity contribution < 1.29 is 23.4 Å². The third kappa shape index (κ3) is 5.22. The summed E-state index contributed by atoms with van der Waals surface area (Å²) < 4.78 is 21.8. The van der Waals surface area contributed by atoms with Gasteiger partial charge in [-0.15, -0.1) is 10.2 Å². The van der Waals surface area contributed by atoms with Crippen LogP contribution < -0.4 is 9.47 Å². The minimum Gasteiger partial charge on any atom is -0.493 e. The molecule has 3 rings (SSSR count). The molecule has 1 aromatic heterocycles. The Labute approximate surface area is 168 Å². The molecule has 3 aromatic rings. The molecule has 0 aliphatic heterocycles. The summed E-state index contributed by atoms with van der Waals surface area (Å²) in [5.41, 5.74) is 1.76. The Balaban J connectivity index is 1.58. The van der Waals surface area contributed by atoms with E-state index < -0.39 is 12.1 Å². The number of hydrogen-bond donors (Lipinski definition) is 0. The zero-order valence-electron chi connectivity index (χ0n) is 16.5. The molecule has 0 bridgehead atoms. The molecule has 2 aromatic carbocycles. The molecule has 7 nitrogen and oxygen atoms in total. The number of nitrogens with zero attached hydrogens (tertiary/aromatic N) is 2. The predicted molar refractivity (Wildman–Crippen MR) is 107 cm³/mol. The van der Waals surface area contributed by atoms with E-state index in [4.69, 9.17) is 18.6 Å². The molecule has 0 amide bonds. The van der Waals surface area contributed by atoms with Gasteiger partial charge in [0.05, 0.1) is 7.11 Å².